The third kappa shape index (κ3) is 1.89. The molecule has 0 radical (unpaired) electrons. The Morgan fingerprint density at radius 3 is 2.73 bits per heavy atom. The van der Waals surface area contributed by atoms with Crippen LogP contribution in [0.2, 0.25) is 5.15 Å². The maximum Gasteiger partial charge on any atom is 0.302 e. The minimum Gasteiger partial charge on any atom is -0.504 e. The number of aromatic nitrogens is 2. The van der Waals surface area contributed by atoms with Crippen LogP contribution in [0.25, 0.3) is 0 Å². The highest BCUT2D eigenvalue weighted by Gasteiger charge is 2.08. The van der Waals surface area contributed by atoms with Crippen LogP contribution in [0.15, 0.2) is 30.5 Å². The van der Waals surface area contributed by atoms with Gasteiger partial charge in [0.15, 0.2) is 11.5 Å². The number of rotatable bonds is 2. The standard InChI is InChI=1S/C10H9ClN2O2/c1-13-9(11)6-12-10(13)15-8-5-3-2-4-7(8)14/h2-6,14H,1H3. The zero-order valence-corrected chi connectivity index (χ0v) is 8.77. The van der Waals surface area contributed by atoms with Crippen molar-refractivity contribution >= 4 is 11.6 Å². The van der Waals surface area contributed by atoms with E-state index in [2.05, 4.69) is 4.98 Å². The summed E-state index contributed by atoms with van der Waals surface area (Å²) in [5.74, 6) is 0.416. The molecule has 0 saturated carbocycles. The number of nitrogens with zero attached hydrogens (tertiary/aromatic N) is 2. The van der Waals surface area contributed by atoms with E-state index in [0.29, 0.717) is 16.9 Å². The average molecular weight is 225 g/mol. The Bertz CT molecular complexity index is 482. The summed E-state index contributed by atoms with van der Waals surface area (Å²) in [6.07, 6.45) is 1.48. The number of halogens is 1. The van der Waals surface area contributed by atoms with Crippen LogP contribution in [0.5, 0.6) is 17.5 Å². The topological polar surface area (TPSA) is 47.3 Å². The highest BCUT2D eigenvalue weighted by molar-refractivity contribution is 6.29. The molecular formula is C10H9ClN2O2. The Balaban J connectivity index is 2.30. The first-order valence-corrected chi connectivity index (χ1v) is 4.69. The molecule has 0 aliphatic carbocycles. The molecule has 1 N–H and O–H groups in total. The summed E-state index contributed by atoms with van der Waals surface area (Å²) in [5, 5.41) is 9.95. The number of hydrogen-bond donors (Lipinski definition) is 1. The van der Waals surface area contributed by atoms with E-state index >= 15 is 0 Å². The molecule has 4 nitrogen and oxygen atoms in total. The van der Waals surface area contributed by atoms with Crippen LogP contribution >= 0.6 is 11.6 Å². The summed E-state index contributed by atoms with van der Waals surface area (Å²) in [5.41, 5.74) is 0. The third-order valence-corrected chi connectivity index (χ3v) is 2.31. The summed E-state index contributed by atoms with van der Waals surface area (Å²) >= 11 is 5.79. The molecule has 0 aliphatic rings. The van der Waals surface area contributed by atoms with Gasteiger partial charge in [0.2, 0.25) is 0 Å². The number of benzene rings is 1. The zero-order chi connectivity index (χ0) is 10.8. The van der Waals surface area contributed by atoms with Gasteiger partial charge in [-0.1, -0.05) is 23.7 Å². The van der Waals surface area contributed by atoms with Gasteiger partial charge < -0.3 is 9.84 Å². The molecule has 0 atom stereocenters. The fraction of sp³-hybridized carbons (Fsp3) is 0.100. The highest BCUT2D eigenvalue weighted by atomic mass is 35.5. The van der Waals surface area contributed by atoms with Crippen LogP contribution in [0.1, 0.15) is 0 Å². The van der Waals surface area contributed by atoms with Gasteiger partial charge in [-0.3, -0.25) is 4.57 Å². The molecule has 78 valence electrons. The summed E-state index contributed by atoms with van der Waals surface area (Å²) in [4.78, 5) is 3.95. The van der Waals surface area contributed by atoms with E-state index in [0.717, 1.165) is 0 Å². The van der Waals surface area contributed by atoms with Crippen molar-refractivity contribution in [3.05, 3.63) is 35.6 Å². The number of phenols is 1. The van der Waals surface area contributed by atoms with Gasteiger partial charge in [0.1, 0.15) is 5.15 Å². The lowest BCUT2D eigenvalue weighted by atomic mass is 10.3. The molecule has 0 fully saturated rings. The van der Waals surface area contributed by atoms with Crippen molar-refractivity contribution in [2.24, 2.45) is 7.05 Å². The van der Waals surface area contributed by atoms with E-state index in [1.807, 2.05) is 0 Å². The number of ether oxygens (including phenoxy) is 1. The normalized spacial score (nSPS) is 10.3. The SMILES string of the molecule is Cn1c(Cl)cnc1Oc1ccccc1O. The van der Waals surface area contributed by atoms with Crippen molar-refractivity contribution in [2.45, 2.75) is 0 Å². The van der Waals surface area contributed by atoms with Gasteiger partial charge in [0.25, 0.3) is 0 Å². The third-order valence-electron chi connectivity index (χ3n) is 1.96. The van der Waals surface area contributed by atoms with Gasteiger partial charge in [-0.15, -0.1) is 0 Å². The second-order valence-electron chi connectivity index (χ2n) is 2.99. The van der Waals surface area contributed by atoms with Gasteiger partial charge in [-0.25, -0.2) is 4.98 Å². The van der Waals surface area contributed by atoms with Crippen molar-refractivity contribution in [2.75, 3.05) is 0 Å². The maximum atomic E-state index is 9.47. The lowest BCUT2D eigenvalue weighted by Crippen LogP contribution is -1.94. The Labute approximate surface area is 91.7 Å². The van der Waals surface area contributed by atoms with Gasteiger partial charge in [-0.05, 0) is 12.1 Å². The van der Waals surface area contributed by atoms with Crippen molar-refractivity contribution in [3.8, 4) is 17.5 Å². The van der Waals surface area contributed by atoms with Crippen LogP contribution in [-0.2, 0) is 7.05 Å². The molecule has 0 aliphatic heterocycles. The molecule has 2 aromatic rings. The van der Waals surface area contributed by atoms with Crippen LogP contribution in [0, 0.1) is 0 Å². The summed E-state index contributed by atoms with van der Waals surface area (Å²) in [6, 6.07) is 7.01. The molecular weight excluding hydrogens is 216 g/mol. The Morgan fingerprint density at radius 1 is 1.40 bits per heavy atom. The first-order chi connectivity index (χ1) is 7.18. The molecule has 15 heavy (non-hydrogen) atoms. The lowest BCUT2D eigenvalue weighted by Gasteiger charge is -2.06. The van der Waals surface area contributed by atoms with Crippen molar-refractivity contribution < 1.29 is 9.84 Å². The lowest BCUT2D eigenvalue weighted by molar-refractivity contribution is 0.383. The second kappa shape index (κ2) is 3.82. The molecule has 0 saturated heterocycles. The average Bonchev–Trinajstić information content (AvgIpc) is 2.53. The molecule has 0 spiro atoms. The smallest absolute Gasteiger partial charge is 0.302 e. The van der Waals surface area contributed by atoms with E-state index < -0.39 is 0 Å². The van der Waals surface area contributed by atoms with E-state index in [1.165, 1.54) is 6.20 Å². The molecule has 0 amide bonds. The molecule has 1 heterocycles. The fourth-order valence-corrected chi connectivity index (χ4v) is 1.23. The summed E-state index contributed by atoms with van der Waals surface area (Å²) in [6.45, 7) is 0. The van der Waals surface area contributed by atoms with Gasteiger partial charge in [-0.2, -0.15) is 0 Å². The quantitative estimate of drug-likeness (QED) is 0.853. The van der Waals surface area contributed by atoms with E-state index in [1.54, 1.807) is 35.9 Å². The van der Waals surface area contributed by atoms with Gasteiger partial charge >= 0.3 is 6.01 Å². The van der Waals surface area contributed by atoms with Gasteiger partial charge in [0, 0.05) is 7.05 Å². The molecule has 1 aromatic carbocycles. The van der Waals surface area contributed by atoms with Gasteiger partial charge in [0.05, 0.1) is 6.20 Å². The monoisotopic (exact) mass is 224 g/mol. The highest BCUT2D eigenvalue weighted by Crippen LogP contribution is 2.29. The summed E-state index contributed by atoms with van der Waals surface area (Å²) < 4.78 is 6.96. The minimum atomic E-state index is 0.0663. The van der Waals surface area contributed by atoms with Crippen LogP contribution in [0.4, 0.5) is 0 Å². The summed E-state index contributed by atoms with van der Waals surface area (Å²) in [7, 11) is 1.73. The van der Waals surface area contributed by atoms with E-state index in [9.17, 15) is 5.11 Å². The molecule has 1 aromatic heterocycles. The van der Waals surface area contributed by atoms with E-state index in [4.69, 9.17) is 16.3 Å². The first-order valence-electron chi connectivity index (χ1n) is 4.31. The Kier molecular flexibility index (Phi) is 2.51. The minimum absolute atomic E-state index is 0.0663. The molecule has 0 unspecified atom stereocenters. The number of imidazole rings is 1. The Morgan fingerprint density at radius 2 is 2.13 bits per heavy atom. The number of aromatic hydroxyl groups is 1. The predicted molar refractivity (Wildman–Crippen MR) is 56.4 cm³/mol. The van der Waals surface area contributed by atoms with E-state index in [-0.39, 0.29) is 5.75 Å². The second-order valence-corrected chi connectivity index (χ2v) is 3.38. The first kappa shape index (κ1) is 9.86. The number of para-hydroxylation sites is 2. The maximum absolute atomic E-state index is 9.47. The number of hydrogen-bond acceptors (Lipinski definition) is 3. The van der Waals surface area contributed by atoms with Crippen molar-refractivity contribution in [1.82, 2.24) is 9.55 Å². The molecule has 0 bridgehead atoms. The predicted octanol–water partition coefficient (Wildman–Crippen LogP) is 2.57. The van der Waals surface area contributed by atoms with Crippen molar-refractivity contribution in [1.29, 1.82) is 0 Å². The van der Waals surface area contributed by atoms with Crippen LogP contribution in [-0.4, -0.2) is 14.7 Å². The fourth-order valence-electron chi connectivity index (χ4n) is 1.11. The largest absolute Gasteiger partial charge is 0.504 e. The van der Waals surface area contributed by atoms with Crippen LogP contribution in [0.3, 0.4) is 0 Å². The molecule has 2 rings (SSSR count). The Hall–Kier alpha value is -1.68. The van der Waals surface area contributed by atoms with Crippen LogP contribution < -0.4 is 4.74 Å². The number of phenolic OH excluding ortho intramolecular Hbond substituents is 1. The zero-order valence-electron chi connectivity index (χ0n) is 8.01. The van der Waals surface area contributed by atoms with Crippen molar-refractivity contribution in [3.63, 3.8) is 0 Å². The molecule has 5 heteroatoms.